The first-order valence-electron chi connectivity index (χ1n) is 10.4. The van der Waals surface area contributed by atoms with E-state index in [1.165, 1.54) is 0 Å². The van der Waals surface area contributed by atoms with Crippen molar-refractivity contribution in [1.29, 1.82) is 0 Å². The minimum Gasteiger partial charge on any atom is -0.458 e. The molecule has 1 amide bonds. The zero-order chi connectivity index (χ0) is 18.3. The summed E-state index contributed by atoms with van der Waals surface area (Å²) in [6.45, 7) is 7.84. The molecule has 4 aliphatic rings. The summed E-state index contributed by atoms with van der Waals surface area (Å²) in [5.74, 6) is -0.283. The molecule has 146 valence electrons. The normalized spacial score (nSPS) is 35.8. The van der Waals surface area contributed by atoms with E-state index in [-0.39, 0.29) is 36.4 Å². The summed E-state index contributed by atoms with van der Waals surface area (Å²) in [7, 11) is 0. The first kappa shape index (κ1) is 18.2. The summed E-state index contributed by atoms with van der Waals surface area (Å²) >= 11 is 0. The molecule has 0 radical (unpaired) electrons. The van der Waals surface area contributed by atoms with E-state index in [1.54, 1.807) is 0 Å². The summed E-state index contributed by atoms with van der Waals surface area (Å²) in [6.07, 6.45) is 6.70. The molecule has 0 aromatic carbocycles. The van der Waals surface area contributed by atoms with Crippen LogP contribution in [-0.2, 0) is 19.1 Å². The van der Waals surface area contributed by atoms with Crippen LogP contribution in [0.4, 0.5) is 0 Å². The van der Waals surface area contributed by atoms with Crippen molar-refractivity contribution in [3.63, 3.8) is 0 Å². The fourth-order valence-electron chi connectivity index (χ4n) is 5.62. The fourth-order valence-corrected chi connectivity index (χ4v) is 5.62. The summed E-state index contributed by atoms with van der Waals surface area (Å²) in [5.41, 5.74) is -0.486. The molecule has 6 heteroatoms. The van der Waals surface area contributed by atoms with Gasteiger partial charge in [-0.3, -0.25) is 14.5 Å². The molecule has 3 heterocycles. The molecule has 6 nitrogen and oxygen atoms in total. The number of carbonyl (C=O) groups excluding carboxylic acids is 2. The Bertz CT molecular complexity index is 542. The summed E-state index contributed by atoms with van der Waals surface area (Å²) in [5, 5.41) is 0. The van der Waals surface area contributed by atoms with Crippen LogP contribution in [0.1, 0.15) is 58.8 Å². The van der Waals surface area contributed by atoms with E-state index >= 15 is 0 Å². The van der Waals surface area contributed by atoms with Crippen LogP contribution < -0.4 is 0 Å². The maximum atomic E-state index is 13.2. The highest BCUT2D eigenvalue weighted by Gasteiger charge is 2.55. The molecule has 26 heavy (non-hydrogen) atoms. The summed E-state index contributed by atoms with van der Waals surface area (Å²) in [6, 6.07) is 0.537. The Morgan fingerprint density at radius 2 is 1.69 bits per heavy atom. The predicted octanol–water partition coefficient (Wildman–Crippen LogP) is 1.96. The Labute approximate surface area is 156 Å². The van der Waals surface area contributed by atoms with Gasteiger partial charge in [0, 0.05) is 32.2 Å². The Kier molecular flexibility index (Phi) is 4.99. The largest absolute Gasteiger partial charge is 0.458 e. The molecule has 0 aromatic rings. The number of piperidine rings is 1. The SMILES string of the molecule is C[C@@H]1CN(C2CCN(C(=O)C3CC(=O)OC34CCCC4)CC2)C[C@H](C)O1. The van der Waals surface area contributed by atoms with Gasteiger partial charge in [0.1, 0.15) is 5.60 Å². The molecule has 0 N–H and O–H groups in total. The Morgan fingerprint density at radius 1 is 1.08 bits per heavy atom. The molecule has 4 fully saturated rings. The van der Waals surface area contributed by atoms with E-state index in [0.29, 0.717) is 6.04 Å². The van der Waals surface area contributed by atoms with Crippen LogP contribution in [0, 0.1) is 5.92 Å². The van der Waals surface area contributed by atoms with Gasteiger partial charge in [-0.2, -0.15) is 0 Å². The summed E-state index contributed by atoms with van der Waals surface area (Å²) in [4.78, 5) is 29.6. The fraction of sp³-hybridized carbons (Fsp3) is 0.900. The minimum absolute atomic E-state index is 0.153. The zero-order valence-corrected chi connectivity index (χ0v) is 16.1. The first-order chi connectivity index (χ1) is 12.5. The van der Waals surface area contributed by atoms with Crippen LogP contribution in [-0.4, -0.2) is 71.7 Å². The molecule has 1 unspecified atom stereocenters. The highest BCUT2D eigenvalue weighted by molar-refractivity contribution is 5.88. The predicted molar refractivity (Wildman–Crippen MR) is 96.6 cm³/mol. The number of ether oxygens (including phenoxy) is 2. The van der Waals surface area contributed by atoms with Gasteiger partial charge in [-0.25, -0.2) is 0 Å². The van der Waals surface area contributed by atoms with Crippen LogP contribution in [0.15, 0.2) is 0 Å². The van der Waals surface area contributed by atoms with Crippen molar-refractivity contribution in [3.8, 4) is 0 Å². The molecule has 1 saturated carbocycles. The second kappa shape index (κ2) is 7.12. The van der Waals surface area contributed by atoms with Crippen LogP contribution >= 0.6 is 0 Å². The van der Waals surface area contributed by atoms with E-state index in [9.17, 15) is 9.59 Å². The number of hydrogen-bond donors (Lipinski definition) is 0. The number of likely N-dealkylation sites (tertiary alicyclic amines) is 1. The number of amides is 1. The van der Waals surface area contributed by atoms with Gasteiger partial charge in [-0.1, -0.05) is 0 Å². The van der Waals surface area contributed by atoms with Crippen LogP contribution in [0.5, 0.6) is 0 Å². The van der Waals surface area contributed by atoms with E-state index < -0.39 is 5.60 Å². The molecular weight excluding hydrogens is 332 g/mol. The maximum Gasteiger partial charge on any atom is 0.307 e. The van der Waals surface area contributed by atoms with Crippen LogP contribution in [0.25, 0.3) is 0 Å². The molecule has 0 bridgehead atoms. The number of rotatable bonds is 2. The molecule has 1 spiro atoms. The Balaban J connectivity index is 1.36. The van der Waals surface area contributed by atoms with E-state index in [2.05, 4.69) is 18.7 Å². The number of carbonyl (C=O) groups is 2. The highest BCUT2D eigenvalue weighted by atomic mass is 16.6. The molecule has 3 atom stereocenters. The van der Waals surface area contributed by atoms with E-state index in [1.807, 2.05) is 4.90 Å². The first-order valence-corrected chi connectivity index (χ1v) is 10.4. The van der Waals surface area contributed by atoms with Gasteiger partial charge in [0.15, 0.2) is 0 Å². The van der Waals surface area contributed by atoms with Crippen molar-refractivity contribution >= 4 is 11.9 Å². The molecular formula is C20H32N2O4. The van der Waals surface area contributed by atoms with Crippen molar-refractivity contribution in [2.75, 3.05) is 26.2 Å². The Hall–Kier alpha value is -1.14. The monoisotopic (exact) mass is 364 g/mol. The average molecular weight is 364 g/mol. The van der Waals surface area contributed by atoms with Gasteiger partial charge in [0.2, 0.25) is 5.91 Å². The molecule has 3 aliphatic heterocycles. The molecule has 1 aliphatic carbocycles. The van der Waals surface area contributed by atoms with Gasteiger partial charge in [-0.05, 0) is 52.4 Å². The van der Waals surface area contributed by atoms with E-state index in [0.717, 1.165) is 64.7 Å². The lowest BCUT2D eigenvalue weighted by Gasteiger charge is -2.44. The van der Waals surface area contributed by atoms with Crippen molar-refractivity contribution in [1.82, 2.24) is 9.80 Å². The lowest BCUT2D eigenvalue weighted by molar-refractivity contribution is -0.152. The van der Waals surface area contributed by atoms with Crippen molar-refractivity contribution in [2.24, 2.45) is 5.92 Å². The maximum absolute atomic E-state index is 13.2. The smallest absolute Gasteiger partial charge is 0.307 e. The van der Waals surface area contributed by atoms with Crippen LogP contribution in [0.3, 0.4) is 0 Å². The lowest BCUT2D eigenvalue weighted by Crippen LogP contribution is -2.55. The highest BCUT2D eigenvalue weighted by Crippen LogP contribution is 2.46. The van der Waals surface area contributed by atoms with Gasteiger partial charge in [0.05, 0.1) is 24.5 Å². The summed E-state index contributed by atoms with van der Waals surface area (Å²) < 4.78 is 11.5. The van der Waals surface area contributed by atoms with Gasteiger partial charge < -0.3 is 14.4 Å². The third kappa shape index (κ3) is 3.38. The Morgan fingerprint density at radius 3 is 2.31 bits per heavy atom. The number of hydrogen-bond acceptors (Lipinski definition) is 5. The zero-order valence-electron chi connectivity index (χ0n) is 16.1. The quantitative estimate of drug-likeness (QED) is 0.701. The van der Waals surface area contributed by atoms with Crippen molar-refractivity contribution < 1.29 is 19.1 Å². The third-order valence-corrected chi connectivity index (χ3v) is 6.81. The number of morpholine rings is 1. The molecule has 3 saturated heterocycles. The molecule has 4 rings (SSSR count). The topological polar surface area (TPSA) is 59.1 Å². The standard InChI is InChI=1S/C20H32N2O4/c1-14-12-22(13-15(2)25-14)16-5-9-21(10-6-16)19(24)17-11-18(23)26-20(17)7-3-4-8-20/h14-17H,3-13H2,1-2H3/t14-,15+,17?. The van der Waals surface area contributed by atoms with Crippen molar-refractivity contribution in [3.05, 3.63) is 0 Å². The molecule has 0 aromatic heterocycles. The van der Waals surface area contributed by atoms with Crippen molar-refractivity contribution in [2.45, 2.75) is 82.6 Å². The second-order valence-corrected chi connectivity index (χ2v) is 8.77. The number of esters is 1. The van der Waals surface area contributed by atoms with Gasteiger partial charge >= 0.3 is 5.97 Å². The van der Waals surface area contributed by atoms with Crippen LogP contribution in [0.2, 0.25) is 0 Å². The van der Waals surface area contributed by atoms with Gasteiger partial charge in [-0.15, -0.1) is 0 Å². The lowest BCUT2D eigenvalue weighted by atomic mass is 9.84. The van der Waals surface area contributed by atoms with Gasteiger partial charge in [0.25, 0.3) is 0 Å². The van der Waals surface area contributed by atoms with E-state index in [4.69, 9.17) is 9.47 Å². The average Bonchev–Trinajstić information content (AvgIpc) is 3.20. The number of nitrogens with zero attached hydrogens (tertiary/aromatic N) is 2. The second-order valence-electron chi connectivity index (χ2n) is 8.77. The minimum atomic E-state index is -0.486. The third-order valence-electron chi connectivity index (χ3n) is 6.81.